The van der Waals surface area contributed by atoms with Gasteiger partial charge in [-0.05, 0) is 53.2 Å². The minimum atomic E-state index is -0.00926. The molecule has 0 aromatic carbocycles. The summed E-state index contributed by atoms with van der Waals surface area (Å²) < 4.78 is 0. The summed E-state index contributed by atoms with van der Waals surface area (Å²) in [6, 6.07) is 5.72. The molecular formula is C17H31CoN5O6. The van der Waals surface area contributed by atoms with Gasteiger partial charge in [-0.15, -0.1) is 0 Å². The van der Waals surface area contributed by atoms with Crippen LogP contribution in [0.2, 0.25) is 0 Å². The van der Waals surface area contributed by atoms with Gasteiger partial charge in [0, 0.05) is 29.2 Å². The summed E-state index contributed by atoms with van der Waals surface area (Å²) in [6.07, 6.45) is 4.35. The van der Waals surface area contributed by atoms with Gasteiger partial charge in [-0.2, -0.15) is 0 Å². The number of hydrogen-bond acceptors (Lipinski definition) is 11. The molecule has 0 amide bonds. The molecule has 1 unspecified atom stereocenters. The second-order valence-electron chi connectivity index (χ2n) is 5.09. The zero-order valence-corrected chi connectivity index (χ0v) is 18.4. The van der Waals surface area contributed by atoms with Crippen molar-refractivity contribution in [2.24, 2.45) is 20.6 Å². The van der Waals surface area contributed by atoms with E-state index in [4.69, 9.17) is 26.1 Å². The van der Waals surface area contributed by atoms with Crippen LogP contribution < -0.4 is 0 Å². The Kier molecular flexibility index (Phi) is 29.8. The first kappa shape index (κ1) is 34.0. The maximum absolute atomic E-state index is 8.03. The first-order chi connectivity index (χ1) is 13.2. The Balaban J connectivity index is -0.000000143. The van der Waals surface area contributed by atoms with Crippen LogP contribution in [0, 0.1) is 0 Å². The summed E-state index contributed by atoms with van der Waals surface area (Å²) in [4.78, 5) is 7.68. The quantitative estimate of drug-likeness (QED) is 0.197. The molecule has 0 bridgehead atoms. The second-order valence-corrected chi connectivity index (χ2v) is 5.09. The fourth-order valence-corrected chi connectivity index (χ4v) is 0.677. The van der Waals surface area contributed by atoms with Gasteiger partial charge in [0.1, 0.15) is 22.8 Å². The molecule has 1 aromatic heterocycles. The predicted molar refractivity (Wildman–Crippen MR) is 107 cm³/mol. The third kappa shape index (κ3) is 25.5. The number of hydrogen-bond donors (Lipinski definition) is 5. The Morgan fingerprint density at radius 1 is 0.793 bits per heavy atom. The Bertz CT molecular complexity index is 503. The van der Waals surface area contributed by atoms with Gasteiger partial charge in [-0.3, -0.25) is 10.2 Å². The summed E-state index contributed by atoms with van der Waals surface area (Å²) in [6.45, 7) is 9.90. The molecule has 0 aliphatic carbocycles. The van der Waals surface area contributed by atoms with Gasteiger partial charge in [0.05, 0.1) is 6.10 Å². The topological polar surface area (TPSA) is 173 Å². The predicted octanol–water partition coefficient (Wildman–Crippen LogP) is 3.73. The summed E-state index contributed by atoms with van der Waals surface area (Å²) in [5.74, 6) is 0. The summed E-state index contributed by atoms with van der Waals surface area (Å²) in [5.41, 5.74) is 1.25. The van der Waals surface area contributed by atoms with Crippen molar-refractivity contribution in [2.45, 2.75) is 54.1 Å². The van der Waals surface area contributed by atoms with Crippen LogP contribution in [0.15, 0.2) is 51.2 Å². The average molecular weight is 460 g/mol. The number of nitrogens with zero attached hydrogens (tertiary/aromatic N) is 5. The fourth-order valence-electron chi connectivity index (χ4n) is 0.677. The molecule has 0 saturated carbocycles. The molecule has 0 aliphatic rings. The second kappa shape index (κ2) is 25.5. The Labute approximate surface area is 181 Å². The Morgan fingerprint density at radius 2 is 1.10 bits per heavy atom. The molecule has 1 atom stereocenters. The molecule has 0 aliphatic heterocycles. The van der Waals surface area contributed by atoms with Crippen LogP contribution in [0.1, 0.15) is 48.0 Å². The van der Waals surface area contributed by atoms with Crippen LogP contribution in [0.5, 0.6) is 0 Å². The van der Waals surface area contributed by atoms with Crippen molar-refractivity contribution in [3.63, 3.8) is 0 Å². The first-order valence-corrected chi connectivity index (χ1v) is 8.16. The molecule has 1 rings (SSSR count). The van der Waals surface area contributed by atoms with Crippen molar-refractivity contribution in [1.82, 2.24) is 4.98 Å². The van der Waals surface area contributed by atoms with Crippen molar-refractivity contribution in [1.29, 1.82) is 0 Å². The number of aromatic nitrogens is 1. The van der Waals surface area contributed by atoms with E-state index in [0.29, 0.717) is 22.8 Å². The number of oxime groups is 4. The van der Waals surface area contributed by atoms with E-state index in [1.54, 1.807) is 19.3 Å². The molecule has 11 nitrogen and oxygen atoms in total. The van der Waals surface area contributed by atoms with Gasteiger partial charge in [0.25, 0.3) is 0 Å². The normalized spacial score (nSPS) is 12.5. The molecule has 1 aromatic rings. The van der Waals surface area contributed by atoms with Crippen molar-refractivity contribution in [3.8, 4) is 0 Å². The summed E-state index contributed by atoms with van der Waals surface area (Å²) >= 11 is 0. The van der Waals surface area contributed by atoms with Gasteiger partial charge in [-0.1, -0.05) is 33.6 Å². The number of rotatable bonds is 4. The van der Waals surface area contributed by atoms with Gasteiger partial charge in [0.2, 0.25) is 0 Å². The standard InChI is InChI=1S/C5H5N.2C4H8N2O2.C4H10O2.Co/c1-2-4-6-5-3-1;2*1-3(5-7)4(2)6-8;1-3-4(2)6-5;/h1-5H;2*7-8H,1-2H3;4-5H,3H2,1-2H3;/b;2*5-3+,6-4+;;. The summed E-state index contributed by atoms with van der Waals surface area (Å²) in [5, 5.41) is 51.1. The molecule has 29 heavy (non-hydrogen) atoms. The molecule has 1 heterocycles. The van der Waals surface area contributed by atoms with Crippen LogP contribution >= 0.6 is 0 Å². The Hall–Kier alpha value is -2.54. The maximum Gasteiger partial charge on any atom is 0.101 e. The van der Waals surface area contributed by atoms with Crippen molar-refractivity contribution in [3.05, 3.63) is 30.6 Å². The molecule has 0 saturated heterocycles. The van der Waals surface area contributed by atoms with E-state index in [2.05, 4.69) is 30.5 Å². The summed E-state index contributed by atoms with van der Waals surface area (Å²) in [7, 11) is 0. The minimum Gasteiger partial charge on any atom is -0.411 e. The van der Waals surface area contributed by atoms with Crippen LogP contribution in [-0.2, 0) is 21.7 Å². The molecule has 1 radical (unpaired) electrons. The van der Waals surface area contributed by atoms with Crippen molar-refractivity contribution >= 4 is 22.8 Å². The van der Waals surface area contributed by atoms with E-state index < -0.39 is 0 Å². The fraction of sp³-hybridized carbons (Fsp3) is 0.471. The Morgan fingerprint density at radius 3 is 1.17 bits per heavy atom. The van der Waals surface area contributed by atoms with Crippen molar-refractivity contribution < 1.29 is 47.8 Å². The van der Waals surface area contributed by atoms with E-state index in [0.717, 1.165) is 6.42 Å². The van der Waals surface area contributed by atoms with Crippen LogP contribution in [0.3, 0.4) is 0 Å². The van der Waals surface area contributed by atoms with Gasteiger partial charge >= 0.3 is 0 Å². The third-order valence-electron chi connectivity index (χ3n) is 2.97. The molecule has 0 spiro atoms. The molecule has 0 fully saturated rings. The van der Waals surface area contributed by atoms with Gasteiger partial charge in [0.15, 0.2) is 0 Å². The first-order valence-electron chi connectivity index (χ1n) is 8.16. The average Bonchev–Trinajstić information content (AvgIpc) is 2.78. The molecule has 5 N–H and O–H groups in total. The van der Waals surface area contributed by atoms with Crippen LogP contribution in [0.4, 0.5) is 0 Å². The van der Waals surface area contributed by atoms with Crippen molar-refractivity contribution in [2.75, 3.05) is 0 Å². The van der Waals surface area contributed by atoms with E-state index in [1.807, 2.05) is 25.1 Å². The molecular weight excluding hydrogens is 429 g/mol. The minimum absolute atomic E-state index is 0. The van der Waals surface area contributed by atoms with Gasteiger partial charge in [-0.25, -0.2) is 4.89 Å². The third-order valence-corrected chi connectivity index (χ3v) is 2.97. The van der Waals surface area contributed by atoms with Gasteiger partial charge < -0.3 is 20.8 Å². The van der Waals surface area contributed by atoms with E-state index in [-0.39, 0.29) is 22.9 Å². The molecule has 12 heteroatoms. The van der Waals surface area contributed by atoms with Crippen LogP contribution in [0.25, 0.3) is 0 Å². The zero-order valence-electron chi connectivity index (χ0n) is 17.4. The molecule has 169 valence electrons. The number of pyridine rings is 1. The van der Waals surface area contributed by atoms with E-state index >= 15 is 0 Å². The van der Waals surface area contributed by atoms with E-state index in [9.17, 15) is 0 Å². The maximum atomic E-state index is 8.03. The van der Waals surface area contributed by atoms with E-state index in [1.165, 1.54) is 27.7 Å². The smallest absolute Gasteiger partial charge is 0.101 e. The van der Waals surface area contributed by atoms with Crippen LogP contribution in [-0.4, -0.2) is 60.0 Å². The zero-order chi connectivity index (χ0) is 22.4. The monoisotopic (exact) mass is 460 g/mol. The SMILES string of the molecule is CC(=N\O)/C(C)=N/O.CC(=N\O)/C(C)=N/O.CCC(C)OO.[Co].c1ccncc1. The largest absolute Gasteiger partial charge is 0.411 e.